The number of pyridine rings is 2. The molecule has 2 aromatic heterocycles. The molecule has 0 unspecified atom stereocenters. The fourth-order valence-electron chi connectivity index (χ4n) is 2.17. The topological polar surface area (TPSA) is 54.9 Å². The van der Waals surface area contributed by atoms with Gasteiger partial charge >= 0.3 is 0 Å². The summed E-state index contributed by atoms with van der Waals surface area (Å²) in [7, 11) is 0. The average Bonchev–Trinajstić information content (AvgIpc) is 2.48. The molecular formula is C16H13N3O. The van der Waals surface area contributed by atoms with Gasteiger partial charge in [0.15, 0.2) is 0 Å². The minimum absolute atomic E-state index is 0.189. The number of carbonyl (C=O) groups is 1. The van der Waals surface area contributed by atoms with Crippen LogP contribution in [0.15, 0.2) is 54.9 Å². The van der Waals surface area contributed by atoms with Crippen LogP contribution in [0.1, 0.15) is 16.1 Å². The van der Waals surface area contributed by atoms with Gasteiger partial charge in [0.1, 0.15) is 5.82 Å². The highest BCUT2D eigenvalue weighted by Gasteiger charge is 2.14. The Hall–Kier alpha value is -2.75. The van der Waals surface area contributed by atoms with E-state index < -0.39 is 0 Å². The molecule has 0 saturated carbocycles. The monoisotopic (exact) mass is 263 g/mol. The van der Waals surface area contributed by atoms with Crippen LogP contribution in [0.25, 0.3) is 10.8 Å². The summed E-state index contributed by atoms with van der Waals surface area (Å²) < 4.78 is 0. The highest BCUT2D eigenvalue weighted by Crippen LogP contribution is 2.21. The highest BCUT2D eigenvalue weighted by molar-refractivity contribution is 6.13. The van der Waals surface area contributed by atoms with Crippen molar-refractivity contribution in [3.05, 3.63) is 66.1 Å². The van der Waals surface area contributed by atoms with Crippen molar-refractivity contribution in [2.24, 2.45) is 0 Å². The number of amides is 1. The van der Waals surface area contributed by atoms with Crippen molar-refractivity contribution in [3.8, 4) is 0 Å². The number of carbonyl (C=O) groups excluding carboxylic acids is 1. The summed E-state index contributed by atoms with van der Waals surface area (Å²) in [5.41, 5.74) is 1.30. The molecule has 2 heterocycles. The molecule has 20 heavy (non-hydrogen) atoms. The van der Waals surface area contributed by atoms with Gasteiger partial charge in [0.05, 0.1) is 11.3 Å². The molecule has 0 bridgehead atoms. The molecule has 0 radical (unpaired) electrons. The molecule has 0 aliphatic carbocycles. The van der Waals surface area contributed by atoms with Gasteiger partial charge in [-0.25, -0.2) is 4.98 Å². The molecule has 4 nitrogen and oxygen atoms in total. The second-order valence-corrected chi connectivity index (χ2v) is 4.47. The molecule has 3 aromatic rings. The van der Waals surface area contributed by atoms with Crippen LogP contribution >= 0.6 is 0 Å². The zero-order valence-corrected chi connectivity index (χ0v) is 11.0. The summed E-state index contributed by atoms with van der Waals surface area (Å²) in [6.45, 7) is 1.83. The Bertz CT molecular complexity index is 769. The van der Waals surface area contributed by atoms with Crippen LogP contribution in [0.3, 0.4) is 0 Å². The second-order valence-electron chi connectivity index (χ2n) is 4.47. The maximum atomic E-state index is 12.5. The Morgan fingerprint density at radius 1 is 1.05 bits per heavy atom. The van der Waals surface area contributed by atoms with Crippen LogP contribution in [-0.4, -0.2) is 15.9 Å². The summed E-state index contributed by atoms with van der Waals surface area (Å²) in [5.74, 6) is 0.343. The van der Waals surface area contributed by atoms with Crippen LogP contribution in [-0.2, 0) is 0 Å². The summed E-state index contributed by atoms with van der Waals surface area (Å²) in [4.78, 5) is 20.8. The minimum atomic E-state index is -0.189. The van der Waals surface area contributed by atoms with Gasteiger partial charge < -0.3 is 5.32 Å². The van der Waals surface area contributed by atoms with E-state index >= 15 is 0 Å². The van der Waals surface area contributed by atoms with Crippen LogP contribution in [0.2, 0.25) is 0 Å². The van der Waals surface area contributed by atoms with Crippen molar-refractivity contribution in [1.29, 1.82) is 0 Å². The maximum absolute atomic E-state index is 12.5. The number of aromatic nitrogens is 2. The van der Waals surface area contributed by atoms with Gasteiger partial charge in [0, 0.05) is 17.8 Å². The highest BCUT2D eigenvalue weighted by atomic mass is 16.1. The van der Waals surface area contributed by atoms with E-state index in [9.17, 15) is 4.79 Å². The van der Waals surface area contributed by atoms with Crippen molar-refractivity contribution in [2.45, 2.75) is 6.92 Å². The van der Waals surface area contributed by atoms with Crippen molar-refractivity contribution < 1.29 is 4.79 Å². The quantitative estimate of drug-likeness (QED) is 0.772. The average molecular weight is 263 g/mol. The first kappa shape index (κ1) is 12.3. The van der Waals surface area contributed by atoms with Gasteiger partial charge in [-0.15, -0.1) is 0 Å². The number of hydrogen-bond acceptors (Lipinski definition) is 3. The standard InChI is InChI=1S/C16H13N3O/c1-11-15(13-7-3-2-6-12(13)10-18-11)16(20)19-14-8-4-5-9-17-14/h2-10H,1H3,(H,17,19,20). The van der Waals surface area contributed by atoms with Gasteiger partial charge in [-0.3, -0.25) is 9.78 Å². The molecule has 3 rings (SSSR count). The largest absolute Gasteiger partial charge is 0.306 e. The Morgan fingerprint density at radius 2 is 1.85 bits per heavy atom. The number of fused-ring (bicyclic) bond motifs is 1. The first-order valence-corrected chi connectivity index (χ1v) is 6.32. The van der Waals surface area contributed by atoms with E-state index in [1.165, 1.54) is 0 Å². The van der Waals surface area contributed by atoms with Crippen molar-refractivity contribution in [3.63, 3.8) is 0 Å². The molecule has 0 atom stereocenters. The first-order chi connectivity index (χ1) is 9.75. The molecular weight excluding hydrogens is 250 g/mol. The van der Waals surface area contributed by atoms with Gasteiger partial charge in [0.2, 0.25) is 0 Å². The summed E-state index contributed by atoms with van der Waals surface area (Å²) >= 11 is 0. The number of nitrogens with one attached hydrogen (secondary N) is 1. The Kier molecular flexibility index (Phi) is 3.13. The Morgan fingerprint density at radius 3 is 2.65 bits per heavy atom. The second kappa shape index (κ2) is 5.09. The van der Waals surface area contributed by atoms with Gasteiger partial charge in [-0.2, -0.15) is 0 Å². The zero-order chi connectivity index (χ0) is 13.9. The third kappa shape index (κ3) is 2.23. The van der Waals surface area contributed by atoms with Crippen molar-refractivity contribution in [1.82, 2.24) is 9.97 Å². The van der Waals surface area contributed by atoms with Crippen LogP contribution in [0.4, 0.5) is 5.82 Å². The van der Waals surface area contributed by atoms with E-state index in [2.05, 4.69) is 15.3 Å². The van der Waals surface area contributed by atoms with Crippen LogP contribution < -0.4 is 5.32 Å². The zero-order valence-electron chi connectivity index (χ0n) is 11.0. The first-order valence-electron chi connectivity index (χ1n) is 6.32. The predicted molar refractivity (Wildman–Crippen MR) is 78.7 cm³/mol. The van der Waals surface area contributed by atoms with Crippen molar-refractivity contribution >= 4 is 22.5 Å². The smallest absolute Gasteiger partial charge is 0.259 e. The molecule has 0 fully saturated rings. The molecule has 0 saturated heterocycles. The summed E-state index contributed by atoms with van der Waals surface area (Å²) in [5, 5.41) is 4.65. The molecule has 1 amide bonds. The van der Waals surface area contributed by atoms with Gasteiger partial charge in [-0.05, 0) is 24.4 Å². The van der Waals surface area contributed by atoms with Crippen molar-refractivity contribution in [2.75, 3.05) is 5.32 Å². The molecule has 1 aromatic carbocycles. The van der Waals surface area contributed by atoms with E-state index in [1.54, 1.807) is 24.5 Å². The molecule has 98 valence electrons. The number of anilines is 1. The number of nitrogens with zero attached hydrogens (tertiary/aromatic N) is 2. The van der Waals surface area contributed by atoms with Gasteiger partial charge in [-0.1, -0.05) is 30.3 Å². The fourth-order valence-corrected chi connectivity index (χ4v) is 2.17. The SMILES string of the molecule is Cc1ncc2ccccc2c1C(=O)Nc1ccccn1. The Labute approximate surface area is 116 Å². The molecule has 0 aliphatic heterocycles. The number of hydrogen-bond donors (Lipinski definition) is 1. The minimum Gasteiger partial charge on any atom is -0.306 e. The molecule has 0 aliphatic rings. The van der Waals surface area contributed by atoms with E-state index in [0.717, 1.165) is 10.8 Å². The third-order valence-electron chi connectivity index (χ3n) is 3.12. The Balaban J connectivity index is 2.05. The fraction of sp³-hybridized carbons (Fsp3) is 0.0625. The molecule has 4 heteroatoms. The number of aryl methyl sites for hydroxylation is 1. The predicted octanol–water partition coefficient (Wildman–Crippen LogP) is 3.19. The lowest BCUT2D eigenvalue weighted by molar-refractivity contribution is 0.102. The lowest BCUT2D eigenvalue weighted by Crippen LogP contribution is -2.15. The van der Waals surface area contributed by atoms with E-state index in [0.29, 0.717) is 17.1 Å². The number of rotatable bonds is 2. The number of benzene rings is 1. The van der Waals surface area contributed by atoms with E-state index in [-0.39, 0.29) is 5.91 Å². The lowest BCUT2D eigenvalue weighted by Gasteiger charge is -2.09. The molecule has 1 N–H and O–H groups in total. The van der Waals surface area contributed by atoms with E-state index in [1.807, 2.05) is 37.3 Å². The van der Waals surface area contributed by atoms with E-state index in [4.69, 9.17) is 0 Å². The maximum Gasteiger partial charge on any atom is 0.259 e. The van der Waals surface area contributed by atoms with Crippen LogP contribution in [0.5, 0.6) is 0 Å². The normalized spacial score (nSPS) is 10.4. The third-order valence-corrected chi connectivity index (χ3v) is 3.12. The molecule has 0 spiro atoms. The lowest BCUT2D eigenvalue weighted by atomic mass is 10.0. The van der Waals surface area contributed by atoms with Gasteiger partial charge in [0.25, 0.3) is 5.91 Å². The summed E-state index contributed by atoms with van der Waals surface area (Å²) in [6, 6.07) is 13.1. The summed E-state index contributed by atoms with van der Waals surface area (Å²) in [6.07, 6.45) is 3.42. The van der Waals surface area contributed by atoms with Crippen LogP contribution in [0, 0.1) is 6.92 Å².